The summed E-state index contributed by atoms with van der Waals surface area (Å²) in [5.41, 5.74) is 0.595. The van der Waals surface area contributed by atoms with Crippen LogP contribution >= 0.6 is 0 Å². The molecule has 3 N–H and O–H groups in total. The molecule has 2 atom stereocenters. The van der Waals surface area contributed by atoms with Crippen LogP contribution in [-0.2, 0) is 4.79 Å². The predicted octanol–water partition coefficient (Wildman–Crippen LogP) is 0.979. The maximum Gasteiger partial charge on any atom is 0.239 e. The summed E-state index contributed by atoms with van der Waals surface area (Å²) in [6, 6.07) is 3.98. The molecule has 18 heavy (non-hydrogen) atoms. The van der Waals surface area contributed by atoms with Crippen molar-refractivity contribution in [2.75, 3.05) is 13.6 Å². The standard InChI is InChI=1S/C13H18N2O3/c1-8(10-7-9(16)3-4-12(10)17)14-11-5-6-15(2)13(11)18/h3-4,7-8,11,14,16-17H,5-6H2,1-2H3. The summed E-state index contributed by atoms with van der Waals surface area (Å²) in [5, 5.41) is 22.4. The normalized spacial score (nSPS) is 21.3. The Hall–Kier alpha value is -1.75. The second-order valence-corrected chi connectivity index (χ2v) is 4.73. The van der Waals surface area contributed by atoms with E-state index >= 15 is 0 Å². The van der Waals surface area contributed by atoms with Crippen LogP contribution < -0.4 is 5.32 Å². The number of carbonyl (C=O) groups is 1. The zero-order chi connectivity index (χ0) is 13.3. The number of nitrogens with one attached hydrogen (secondary N) is 1. The molecule has 5 heteroatoms. The molecule has 0 bridgehead atoms. The van der Waals surface area contributed by atoms with E-state index in [1.807, 2.05) is 6.92 Å². The van der Waals surface area contributed by atoms with Gasteiger partial charge < -0.3 is 15.1 Å². The van der Waals surface area contributed by atoms with E-state index in [9.17, 15) is 15.0 Å². The number of hydrogen-bond donors (Lipinski definition) is 3. The molecule has 1 aromatic carbocycles. The monoisotopic (exact) mass is 250 g/mol. The molecule has 0 aliphatic carbocycles. The Morgan fingerprint density at radius 1 is 1.44 bits per heavy atom. The molecule has 1 fully saturated rings. The minimum absolute atomic E-state index is 0.0708. The molecule has 1 aliphatic rings. The van der Waals surface area contributed by atoms with Gasteiger partial charge in [-0.3, -0.25) is 10.1 Å². The lowest BCUT2D eigenvalue weighted by molar-refractivity contribution is -0.128. The van der Waals surface area contributed by atoms with Crippen LogP contribution in [0.4, 0.5) is 0 Å². The predicted molar refractivity (Wildman–Crippen MR) is 67.4 cm³/mol. The molecule has 1 heterocycles. The second-order valence-electron chi connectivity index (χ2n) is 4.73. The van der Waals surface area contributed by atoms with Crippen molar-refractivity contribution in [2.24, 2.45) is 0 Å². The smallest absolute Gasteiger partial charge is 0.239 e. The summed E-state index contributed by atoms with van der Waals surface area (Å²) >= 11 is 0. The number of benzene rings is 1. The first-order valence-corrected chi connectivity index (χ1v) is 6.02. The van der Waals surface area contributed by atoms with Crippen molar-refractivity contribution in [3.8, 4) is 11.5 Å². The van der Waals surface area contributed by atoms with E-state index in [1.165, 1.54) is 18.2 Å². The number of hydrogen-bond acceptors (Lipinski definition) is 4. The molecule has 0 radical (unpaired) electrons. The van der Waals surface area contributed by atoms with Crippen LogP contribution in [0.15, 0.2) is 18.2 Å². The molecular formula is C13H18N2O3. The third kappa shape index (κ3) is 2.41. The Morgan fingerprint density at radius 2 is 2.17 bits per heavy atom. The van der Waals surface area contributed by atoms with Gasteiger partial charge in [0.1, 0.15) is 11.5 Å². The number of likely N-dealkylation sites (tertiary alicyclic amines) is 1. The van der Waals surface area contributed by atoms with Gasteiger partial charge in [0.2, 0.25) is 5.91 Å². The Kier molecular flexibility index (Phi) is 3.43. The van der Waals surface area contributed by atoms with Crippen molar-refractivity contribution in [3.63, 3.8) is 0 Å². The number of carbonyl (C=O) groups excluding carboxylic acids is 1. The third-order valence-corrected chi connectivity index (χ3v) is 3.36. The highest BCUT2D eigenvalue weighted by Crippen LogP contribution is 2.28. The lowest BCUT2D eigenvalue weighted by Crippen LogP contribution is -2.38. The van der Waals surface area contributed by atoms with Gasteiger partial charge >= 0.3 is 0 Å². The molecule has 1 aliphatic heterocycles. The SMILES string of the molecule is CC(NC1CCN(C)C1=O)c1cc(O)ccc1O. The van der Waals surface area contributed by atoms with Crippen molar-refractivity contribution in [1.82, 2.24) is 10.2 Å². The number of amides is 1. The minimum Gasteiger partial charge on any atom is -0.508 e. The molecule has 5 nitrogen and oxygen atoms in total. The van der Waals surface area contributed by atoms with Gasteiger partial charge in [0.25, 0.3) is 0 Å². The van der Waals surface area contributed by atoms with Crippen molar-refractivity contribution in [2.45, 2.75) is 25.4 Å². The Morgan fingerprint density at radius 3 is 2.78 bits per heavy atom. The molecule has 98 valence electrons. The van der Waals surface area contributed by atoms with E-state index in [4.69, 9.17) is 0 Å². The number of rotatable bonds is 3. The second kappa shape index (κ2) is 4.86. The maximum absolute atomic E-state index is 11.8. The molecule has 1 saturated heterocycles. The van der Waals surface area contributed by atoms with Crippen molar-refractivity contribution >= 4 is 5.91 Å². The molecule has 1 aromatic rings. The van der Waals surface area contributed by atoms with Gasteiger partial charge in [-0.2, -0.15) is 0 Å². The van der Waals surface area contributed by atoms with Gasteiger partial charge in [-0.1, -0.05) is 0 Å². The highest BCUT2D eigenvalue weighted by Gasteiger charge is 2.30. The lowest BCUT2D eigenvalue weighted by atomic mass is 10.1. The van der Waals surface area contributed by atoms with E-state index in [0.717, 1.165) is 13.0 Å². The fourth-order valence-corrected chi connectivity index (χ4v) is 2.26. The zero-order valence-corrected chi connectivity index (χ0v) is 10.6. The van der Waals surface area contributed by atoms with Crippen molar-refractivity contribution in [3.05, 3.63) is 23.8 Å². The van der Waals surface area contributed by atoms with Gasteiger partial charge in [0.15, 0.2) is 0 Å². The first kappa shape index (κ1) is 12.7. The van der Waals surface area contributed by atoms with Gasteiger partial charge in [0.05, 0.1) is 6.04 Å². The molecular weight excluding hydrogens is 232 g/mol. The highest BCUT2D eigenvalue weighted by atomic mass is 16.3. The fourth-order valence-electron chi connectivity index (χ4n) is 2.26. The van der Waals surface area contributed by atoms with E-state index in [2.05, 4.69) is 5.32 Å². The van der Waals surface area contributed by atoms with E-state index in [0.29, 0.717) is 5.56 Å². The molecule has 2 unspecified atom stereocenters. The van der Waals surface area contributed by atoms with Gasteiger partial charge in [-0.25, -0.2) is 0 Å². The molecule has 1 amide bonds. The lowest BCUT2D eigenvalue weighted by Gasteiger charge is -2.19. The Balaban J connectivity index is 2.10. The molecule has 2 rings (SSSR count). The van der Waals surface area contributed by atoms with Gasteiger partial charge in [0, 0.05) is 25.2 Å². The first-order chi connectivity index (χ1) is 8.49. The summed E-state index contributed by atoms with van der Waals surface area (Å²) in [6.45, 7) is 2.61. The number of likely N-dealkylation sites (N-methyl/N-ethyl adjacent to an activating group) is 1. The van der Waals surface area contributed by atoms with Crippen molar-refractivity contribution < 1.29 is 15.0 Å². The summed E-state index contributed by atoms with van der Waals surface area (Å²) in [5.74, 6) is 0.291. The Labute approximate surface area is 106 Å². The Bertz CT molecular complexity index is 462. The summed E-state index contributed by atoms with van der Waals surface area (Å²) in [6.07, 6.45) is 0.763. The van der Waals surface area contributed by atoms with Crippen LogP contribution in [0, 0.1) is 0 Å². The maximum atomic E-state index is 11.8. The van der Waals surface area contributed by atoms with Crippen LogP contribution in [0.5, 0.6) is 11.5 Å². The van der Waals surface area contributed by atoms with Crippen LogP contribution in [0.3, 0.4) is 0 Å². The molecule has 0 saturated carbocycles. The number of nitrogens with zero attached hydrogens (tertiary/aromatic N) is 1. The first-order valence-electron chi connectivity index (χ1n) is 6.02. The minimum atomic E-state index is -0.216. The van der Waals surface area contributed by atoms with Crippen LogP contribution in [-0.4, -0.2) is 40.7 Å². The van der Waals surface area contributed by atoms with Crippen LogP contribution in [0.2, 0.25) is 0 Å². The highest BCUT2D eigenvalue weighted by molar-refractivity contribution is 5.83. The zero-order valence-electron chi connectivity index (χ0n) is 10.6. The van der Waals surface area contributed by atoms with Gasteiger partial charge in [-0.05, 0) is 31.5 Å². The molecule has 0 aromatic heterocycles. The van der Waals surface area contributed by atoms with E-state index < -0.39 is 0 Å². The van der Waals surface area contributed by atoms with Gasteiger partial charge in [-0.15, -0.1) is 0 Å². The number of phenols is 2. The van der Waals surface area contributed by atoms with Crippen molar-refractivity contribution in [1.29, 1.82) is 0 Å². The van der Waals surface area contributed by atoms with Crippen LogP contribution in [0.25, 0.3) is 0 Å². The number of phenolic OH excluding ortho intramolecular Hbond substituents is 2. The topological polar surface area (TPSA) is 72.8 Å². The summed E-state index contributed by atoms with van der Waals surface area (Å²) < 4.78 is 0. The summed E-state index contributed by atoms with van der Waals surface area (Å²) in [7, 11) is 1.78. The fraction of sp³-hybridized carbons (Fsp3) is 0.462. The third-order valence-electron chi connectivity index (χ3n) is 3.36. The quantitative estimate of drug-likeness (QED) is 0.699. The number of aromatic hydroxyl groups is 2. The van der Waals surface area contributed by atoms with Crippen LogP contribution in [0.1, 0.15) is 24.9 Å². The largest absolute Gasteiger partial charge is 0.508 e. The van der Waals surface area contributed by atoms with E-state index in [1.54, 1.807) is 11.9 Å². The average molecular weight is 250 g/mol. The molecule has 0 spiro atoms. The average Bonchev–Trinajstić information content (AvgIpc) is 2.64. The summed E-state index contributed by atoms with van der Waals surface area (Å²) in [4.78, 5) is 13.5. The van der Waals surface area contributed by atoms with E-state index in [-0.39, 0.29) is 29.5 Å².